The maximum absolute atomic E-state index is 11.1. The summed E-state index contributed by atoms with van der Waals surface area (Å²) in [5.74, 6) is -0.199. The summed E-state index contributed by atoms with van der Waals surface area (Å²) in [7, 11) is 0. The minimum atomic E-state index is -0.785. The van der Waals surface area contributed by atoms with Gasteiger partial charge in [0, 0.05) is 40.2 Å². The van der Waals surface area contributed by atoms with Crippen LogP contribution in [0, 0.1) is 11.3 Å². The van der Waals surface area contributed by atoms with E-state index in [1.807, 2.05) is 30.3 Å². The molecule has 0 saturated heterocycles. The highest BCUT2D eigenvalue weighted by Crippen LogP contribution is 2.37. The van der Waals surface area contributed by atoms with Crippen molar-refractivity contribution < 1.29 is 19.5 Å². The number of carboxylic acids is 1. The van der Waals surface area contributed by atoms with Gasteiger partial charge >= 0.3 is 5.97 Å². The van der Waals surface area contributed by atoms with E-state index in [1.165, 1.54) is 12.1 Å². The number of aromatic nitrogens is 3. The summed E-state index contributed by atoms with van der Waals surface area (Å²) < 4.78 is 7.53. The molecule has 2 aromatic heterocycles. The number of phenolic OH excluding ortho intramolecular Hbond substituents is 1. The highest BCUT2D eigenvalue weighted by Gasteiger charge is 2.27. The van der Waals surface area contributed by atoms with Crippen LogP contribution in [0.5, 0.6) is 5.75 Å². The molecule has 0 saturated carbocycles. The van der Waals surface area contributed by atoms with Gasteiger partial charge in [0.15, 0.2) is 0 Å². The normalized spacial score (nSPS) is 15.2. The number of fused-ring (bicyclic) bond motifs is 3. The van der Waals surface area contributed by atoms with Crippen LogP contribution in [0.1, 0.15) is 30.0 Å². The Bertz CT molecular complexity index is 1350. The molecule has 0 amide bonds. The van der Waals surface area contributed by atoms with Crippen molar-refractivity contribution in [2.45, 2.75) is 25.3 Å². The number of hydrogen-bond donors (Lipinski definition) is 2. The largest absolute Gasteiger partial charge is 0.507 e. The zero-order valence-corrected chi connectivity index (χ0v) is 15.7. The molecule has 0 bridgehead atoms. The summed E-state index contributed by atoms with van der Waals surface area (Å²) in [6, 6.07) is 14.3. The van der Waals surface area contributed by atoms with Crippen molar-refractivity contribution in [3.63, 3.8) is 0 Å². The van der Waals surface area contributed by atoms with Crippen molar-refractivity contribution in [1.29, 1.82) is 5.26 Å². The van der Waals surface area contributed by atoms with Crippen molar-refractivity contribution in [3.8, 4) is 34.7 Å². The Morgan fingerprint density at radius 1 is 1.23 bits per heavy atom. The molecule has 2 aromatic carbocycles. The zero-order valence-electron chi connectivity index (χ0n) is 15.7. The van der Waals surface area contributed by atoms with Crippen LogP contribution in [0.4, 0.5) is 0 Å². The van der Waals surface area contributed by atoms with Crippen molar-refractivity contribution in [2.24, 2.45) is 0 Å². The smallest absolute Gasteiger partial charge is 0.304 e. The maximum Gasteiger partial charge on any atom is 0.304 e. The first-order chi connectivity index (χ1) is 14.5. The molecule has 30 heavy (non-hydrogen) atoms. The van der Waals surface area contributed by atoms with Crippen molar-refractivity contribution in [2.75, 3.05) is 0 Å². The van der Waals surface area contributed by atoms with E-state index in [1.54, 1.807) is 6.07 Å². The second-order valence-electron chi connectivity index (χ2n) is 7.34. The zero-order chi connectivity index (χ0) is 20.8. The van der Waals surface area contributed by atoms with Crippen LogP contribution < -0.4 is 0 Å². The molecule has 3 heterocycles. The lowest BCUT2D eigenvalue weighted by Crippen LogP contribution is -2.02. The molecule has 0 aliphatic carbocycles. The Hall–Kier alpha value is -4.12. The standard InChI is InChI=1S/C22H16N4O4/c23-11-16-8-14(2-4-19(16)27)22-24-21(25-30-22)13-1-3-17-15(7-13)9-18-12(10-20(28)29)5-6-26(17)18/h1-4,7-9,12,27H,5-6,10H2,(H,28,29)/t12-/m0/s1. The van der Waals surface area contributed by atoms with Gasteiger partial charge in [-0.25, -0.2) is 0 Å². The van der Waals surface area contributed by atoms with E-state index in [0.717, 1.165) is 35.1 Å². The maximum atomic E-state index is 11.1. The van der Waals surface area contributed by atoms with Gasteiger partial charge in [-0.05, 0) is 48.9 Å². The van der Waals surface area contributed by atoms with Crippen molar-refractivity contribution >= 4 is 16.9 Å². The molecule has 0 unspecified atom stereocenters. The van der Waals surface area contributed by atoms with E-state index in [0.29, 0.717) is 11.4 Å². The third-order valence-corrected chi connectivity index (χ3v) is 5.52. The van der Waals surface area contributed by atoms with Gasteiger partial charge in [-0.3, -0.25) is 4.79 Å². The van der Waals surface area contributed by atoms with Crippen LogP contribution in [0.25, 0.3) is 33.7 Å². The van der Waals surface area contributed by atoms with Gasteiger partial charge in [-0.2, -0.15) is 10.2 Å². The first kappa shape index (κ1) is 17.9. The lowest BCUT2D eigenvalue weighted by molar-refractivity contribution is -0.137. The summed E-state index contributed by atoms with van der Waals surface area (Å²) in [4.78, 5) is 15.6. The first-order valence-electron chi connectivity index (χ1n) is 9.46. The number of aromatic hydroxyl groups is 1. The van der Waals surface area contributed by atoms with E-state index in [9.17, 15) is 9.90 Å². The van der Waals surface area contributed by atoms with Gasteiger partial charge in [-0.15, -0.1) is 0 Å². The van der Waals surface area contributed by atoms with Gasteiger partial charge in [-0.1, -0.05) is 5.16 Å². The summed E-state index contributed by atoms with van der Waals surface area (Å²) in [6.07, 6.45) is 0.972. The average molecular weight is 400 g/mol. The van der Waals surface area contributed by atoms with E-state index < -0.39 is 5.97 Å². The minimum absolute atomic E-state index is 0.0268. The summed E-state index contributed by atoms with van der Waals surface area (Å²) in [5.41, 5.74) is 3.56. The molecular formula is C22H16N4O4. The number of hydrogen-bond acceptors (Lipinski definition) is 6. The van der Waals surface area contributed by atoms with Crippen LogP contribution in [-0.2, 0) is 11.3 Å². The number of benzene rings is 2. The number of aliphatic carboxylic acids is 1. The monoisotopic (exact) mass is 400 g/mol. The Morgan fingerprint density at radius 2 is 2.07 bits per heavy atom. The SMILES string of the molecule is N#Cc1cc(-c2nc(-c3ccc4c(c3)cc3n4CC[C@H]3CC(=O)O)no2)ccc1O. The second-order valence-corrected chi connectivity index (χ2v) is 7.34. The molecular weight excluding hydrogens is 384 g/mol. The fourth-order valence-corrected chi connectivity index (χ4v) is 4.09. The lowest BCUT2D eigenvalue weighted by Gasteiger charge is -2.04. The van der Waals surface area contributed by atoms with Gasteiger partial charge in [0.1, 0.15) is 11.8 Å². The van der Waals surface area contributed by atoms with Crippen LogP contribution in [0.3, 0.4) is 0 Å². The van der Waals surface area contributed by atoms with E-state index in [4.69, 9.17) is 14.9 Å². The van der Waals surface area contributed by atoms with Gasteiger partial charge < -0.3 is 19.3 Å². The highest BCUT2D eigenvalue weighted by molar-refractivity contribution is 5.86. The summed E-state index contributed by atoms with van der Waals surface area (Å²) >= 11 is 0. The molecule has 8 nitrogen and oxygen atoms in total. The topological polar surface area (TPSA) is 125 Å². The third kappa shape index (κ3) is 2.88. The molecule has 1 atom stereocenters. The molecule has 4 aromatic rings. The molecule has 148 valence electrons. The number of carbonyl (C=O) groups is 1. The fourth-order valence-electron chi connectivity index (χ4n) is 4.09. The minimum Gasteiger partial charge on any atom is -0.507 e. The van der Waals surface area contributed by atoms with Gasteiger partial charge in [0.25, 0.3) is 5.89 Å². The van der Waals surface area contributed by atoms with Gasteiger partial charge in [0.05, 0.1) is 12.0 Å². The second kappa shape index (κ2) is 6.74. The molecule has 1 aliphatic rings. The molecule has 1 aliphatic heterocycles. The predicted molar refractivity (Wildman–Crippen MR) is 107 cm³/mol. The Kier molecular flexibility index (Phi) is 4.03. The third-order valence-electron chi connectivity index (χ3n) is 5.52. The molecule has 2 N–H and O–H groups in total. The average Bonchev–Trinajstić information content (AvgIpc) is 3.44. The lowest BCUT2D eigenvalue weighted by atomic mass is 10.0. The predicted octanol–water partition coefficient (Wildman–Crippen LogP) is 3.90. The summed E-state index contributed by atoms with van der Waals surface area (Å²) in [6.45, 7) is 0.810. The van der Waals surface area contributed by atoms with E-state index in [-0.39, 0.29) is 29.5 Å². The Labute approximate surface area is 170 Å². The van der Waals surface area contributed by atoms with E-state index >= 15 is 0 Å². The van der Waals surface area contributed by atoms with Crippen LogP contribution in [0.2, 0.25) is 0 Å². The number of nitriles is 1. The van der Waals surface area contributed by atoms with E-state index in [2.05, 4.69) is 14.7 Å². The van der Waals surface area contributed by atoms with Gasteiger partial charge in [0.2, 0.25) is 5.82 Å². The Morgan fingerprint density at radius 3 is 2.87 bits per heavy atom. The quantitative estimate of drug-likeness (QED) is 0.532. The number of rotatable bonds is 4. The molecule has 0 spiro atoms. The van der Waals surface area contributed by atoms with Crippen LogP contribution in [-0.4, -0.2) is 30.9 Å². The first-order valence-corrected chi connectivity index (χ1v) is 9.46. The highest BCUT2D eigenvalue weighted by atomic mass is 16.5. The number of nitrogens with zero attached hydrogens (tertiary/aromatic N) is 4. The fraction of sp³-hybridized carbons (Fsp3) is 0.182. The summed E-state index contributed by atoms with van der Waals surface area (Å²) in [5, 5.41) is 32.9. The molecule has 0 fully saturated rings. The molecule has 5 rings (SSSR count). The number of carboxylic acid groups (broad SMARTS) is 1. The molecule has 0 radical (unpaired) electrons. The Balaban J connectivity index is 1.49. The number of phenols is 1. The van der Waals surface area contributed by atoms with Crippen molar-refractivity contribution in [1.82, 2.24) is 14.7 Å². The van der Waals surface area contributed by atoms with Crippen molar-refractivity contribution in [3.05, 3.63) is 53.7 Å². The molecule has 8 heteroatoms. The van der Waals surface area contributed by atoms with Crippen LogP contribution in [0.15, 0.2) is 47.0 Å². The number of aryl methyl sites for hydroxylation is 1. The van der Waals surface area contributed by atoms with Crippen LogP contribution >= 0.6 is 0 Å².